The highest BCUT2D eigenvalue weighted by atomic mass is 35.5. The minimum Gasteiger partial charge on any atom is -0.383 e. The Labute approximate surface area is 125 Å². The van der Waals surface area contributed by atoms with E-state index in [1.165, 1.54) is 11.1 Å². The van der Waals surface area contributed by atoms with Crippen LogP contribution in [0.25, 0.3) is 0 Å². The first-order valence-electron chi connectivity index (χ1n) is 6.88. The van der Waals surface area contributed by atoms with E-state index in [4.69, 9.17) is 17.3 Å². The molecule has 0 aliphatic carbocycles. The Morgan fingerprint density at radius 2 is 1.95 bits per heavy atom. The van der Waals surface area contributed by atoms with Gasteiger partial charge in [0.05, 0.1) is 11.1 Å². The molecule has 4 heteroatoms. The summed E-state index contributed by atoms with van der Waals surface area (Å²) >= 11 is 6.05. The third kappa shape index (κ3) is 3.30. The van der Waals surface area contributed by atoms with Gasteiger partial charge in [-0.3, -0.25) is 0 Å². The van der Waals surface area contributed by atoms with Gasteiger partial charge >= 0.3 is 0 Å². The van der Waals surface area contributed by atoms with Crippen LogP contribution in [-0.4, -0.2) is 11.5 Å². The highest BCUT2D eigenvalue weighted by Crippen LogP contribution is 2.28. The Bertz CT molecular complexity index is 566. The SMILES string of the molecule is CCNC(c1ccc(CC)cc1)c1cc(Cl)cnc1N. The molecule has 0 amide bonds. The zero-order valence-corrected chi connectivity index (χ0v) is 12.6. The Kier molecular flexibility index (Phi) is 4.99. The molecule has 0 spiro atoms. The predicted molar refractivity (Wildman–Crippen MR) is 85.0 cm³/mol. The second-order valence-corrected chi connectivity index (χ2v) is 5.15. The number of halogens is 1. The number of hydrogen-bond donors (Lipinski definition) is 2. The van der Waals surface area contributed by atoms with E-state index in [9.17, 15) is 0 Å². The fourth-order valence-corrected chi connectivity index (χ4v) is 2.42. The Morgan fingerprint density at radius 1 is 1.25 bits per heavy atom. The molecule has 2 aromatic rings. The van der Waals surface area contributed by atoms with Gasteiger partial charge in [-0.05, 0) is 30.2 Å². The average molecular weight is 290 g/mol. The lowest BCUT2D eigenvalue weighted by molar-refractivity contribution is 0.630. The van der Waals surface area contributed by atoms with Crippen LogP contribution in [0.5, 0.6) is 0 Å². The van der Waals surface area contributed by atoms with Gasteiger partial charge in [-0.25, -0.2) is 4.98 Å². The van der Waals surface area contributed by atoms with Gasteiger partial charge in [-0.2, -0.15) is 0 Å². The molecule has 0 saturated heterocycles. The van der Waals surface area contributed by atoms with E-state index in [1.807, 2.05) is 6.07 Å². The lowest BCUT2D eigenvalue weighted by atomic mass is 9.97. The van der Waals surface area contributed by atoms with Crippen LogP contribution in [0.15, 0.2) is 36.5 Å². The summed E-state index contributed by atoms with van der Waals surface area (Å²) in [7, 11) is 0. The number of nitrogens with one attached hydrogen (secondary N) is 1. The van der Waals surface area contributed by atoms with Gasteiger partial charge in [-0.1, -0.05) is 49.7 Å². The highest BCUT2D eigenvalue weighted by molar-refractivity contribution is 6.30. The summed E-state index contributed by atoms with van der Waals surface area (Å²) in [4.78, 5) is 4.15. The minimum atomic E-state index is 0.0112. The zero-order chi connectivity index (χ0) is 14.5. The average Bonchev–Trinajstić information content (AvgIpc) is 2.48. The molecule has 0 bridgehead atoms. The fourth-order valence-electron chi connectivity index (χ4n) is 2.25. The van der Waals surface area contributed by atoms with Gasteiger partial charge in [0, 0.05) is 11.8 Å². The molecule has 0 fully saturated rings. The molecule has 2 rings (SSSR count). The van der Waals surface area contributed by atoms with Gasteiger partial charge in [0.25, 0.3) is 0 Å². The quantitative estimate of drug-likeness (QED) is 0.884. The van der Waals surface area contributed by atoms with Gasteiger partial charge in [0.1, 0.15) is 5.82 Å². The van der Waals surface area contributed by atoms with Gasteiger partial charge < -0.3 is 11.1 Å². The lowest BCUT2D eigenvalue weighted by Crippen LogP contribution is -2.23. The number of rotatable bonds is 5. The highest BCUT2D eigenvalue weighted by Gasteiger charge is 2.17. The summed E-state index contributed by atoms with van der Waals surface area (Å²) in [5.74, 6) is 0.514. The van der Waals surface area contributed by atoms with Crippen molar-refractivity contribution in [2.75, 3.05) is 12.3 Å². The molecule has 3 N–H and O–H groups in total. The summed E-state index contributed by atoms with van der Waals surface area (Å²) in [5.41, 5.74) is 9.41. The van der Waals surface area contributed by atoms with Crippen LogP contribution in [-0.2, 0) is 6.42 Å². The minimum absolute atomic E-state index is 0.0112. The second kappa shape index (κ2) is 6.73. The smallest absolute Gasteiger partial charge is 0.128 e. The van der Waals surface area contributed by atoms with Crippen molar-refractivity contribution < 1.29 is 0 Å². The molecule has 0 radical (unpaired) electrons. The molecule has 1 atom stereocenters. The zero-order valence-electron chi connectivity index (χ0n) is 11.9. The first-order chi connectivity index (χ1) is 9.65. The van der Waals surface area contributed by atoms with E-state index in [2.05, 4.69) is 48.4 Å². The van der Waals surface area contributed by atoms with Crippen molar-refractivity contribution in [3.63, 3.8) is 0 Å². The lowest BCUT2D eigenvalue weighted by Gasteiger charge is -2.20. The van der Waals surface area contributed by atoms with E-state index in [-0.39, 0.29) is 6.04 Å². The van der Waals surface area contributed by atoms with Crippen molar-refractivity contribution >= 4 is 17.4 Å². The van der Waals surface area contributed by atoms with Crippen molar-refractivity contribution in [2.24, 2.45) is 0 Å². The van der Waals surface area contributed by atoms with Crippen LogP contribution in [0.4, 0.5) is 5.82 Å². The van der Waals surface area contributed by atoms with Crippen LogP contribution >= 0.6 is 11.6 Å². The summed E-state index contributed by atoms with van der Waals surface area (Å²) in [6.45, 7) is 5.06. The number of aromatic nitrogens is 1. The summed E-state index contributed by atoms with van der Waals surface area (Å²) < 4.78 is 0. The fraction of sp³-hybridized carbons (Fsp3) is 0.312. The van der Waals surface area contributed by atoms with E-state index < -0.39 is 0 Å². The monoisotopic (exact) mass is 289 g/mol. The maximum absolute atomic E-state index is 6.05. The second-order valence-electron chi connectivity index (χ2n) is 4.71. The molecule has 0 saturated carbocycles. The third-order valence-corrected chi connectivity index (χ3v) is 3.56. The normalized spacial score (nSPS) is 12.3. The molecule has 1 aromatic carbocycles. The number of benzene rings is 1. The Hall–Kier alpha value is -1.58. The summed E-state index contributed by atoms with van der Waals surface area (Å²) in [6.07, 6.45) is 2.61. The van der Waals surface area contributed by atoms with Crippen molar-refractivity contribution in [1.29, 1.82) is 0 Å². The van der Waals surface area contributed by atoms with Crippen LogP contribution in [0.3, 0.4) is 0 Å². The van der Waals surface area contributed by atoms with Crippen LogP contribution < -0.4 is 11.1 Å². The van der Waals surface area contributed by atoms with E-state index in [0.717, 1.165) is 18.5 Å². The number of nitrogens with two attached hydrogens (primary N) is 1. The Balaban J connectivity index is 2.41. The number of aryl methyl sites for hydroxylation is 1. The van der Waals surface area contributed by atoms with E-state index in [0.29, 0.717) is 10.8 Å². The molecule has 0 aliphatic heterocycles. The molecule has 106 valence electrons. The first kappa shape index (κ1) is 14.8. The molecular formula is C16H20ClN3. The number of nitrogen functional groups attached to an aromatic ring is 1. The maximum Gasteiger partial charge on any atom is 0.128 e. The molecule has 20 heavy (non-hydrogen) atoms. The van der Waals surface area contributed by atoms with Crippen molar-refractivity contribution in [1.82, 2.24) is 10.3 Å². The standard InChI is InChI=1S/C16H20ClN3/c1-3-11-5-7-12(8-6-11)15(19-4-2)14-9-13(17)10-20-16(14)18/h5-10,15,19H,3-4H2,1-2H3,(H2,18,20). The van der Waals surface area contributed by atoms with Crippen molar-refractivity contribution in [3.05, 3.63) is 58.2 Å². The Morgan fingerprint density at radius 3 is 2.55 bits per heavy atom. The van der Waals surface area contributed by atoms with Gasteiger partial charge in [0.15, 0.2) is 0 Å². The number of pyridine rings is 1. The number of nitrogens with zero attached hydrogens (tertiary/aromatic N) is 1. The van der Waals surface area contributed by atoms with Crippen molar-refractivity contribution in [3.8, 4) is 0 Å². The topological polar surface area (TPSA) is 50.9 Å². The largest absolute Gasteiger partial charge is 0.383 e. The molecule has 1 aromatic heterocycles. The van der Waals surface area contributed by atoms with E-state index in [1.54, 1.807) is 6.20 Å². The van der Waals surface area contributed by atoms with E-state index >= 15 is 0 Å². The van der Waals surface area contributed by atoms with Crippen LogP contribution in [0.2, 0.25) is 5.02 Å². The van der Waals surface area contributed by atoms with Gasteiger partial charge in [-0.15, -0.1) is 0 Å². The van der Waals surface area contributed by atoms with Crippen molar-refractivity contribution in [2.45, 2.75) is 26.3 Å². The third-order valence-electron chi connectivity index (χ3n) is 3.36. The number of anilines is 1. The molecular weight excluding hydrogens is 270 g/mol. The predicted octanol–water partition coefficient (Wildman–Crippen LogP) is 3.58. The van der Waals surface area contributed by atoms with Crippen LogP contribution in [0, 0.1) is 0 Å². The molecule has 0 aliphatic rings. The molecule has 1 unspecified atom stereocenters. The molecule has 3 nitrogen and oxygen atoms in total. The summed E-state index contributed by atoms with van der Waals surface area (Å²) in [5, 5.41) is 4.04. The summed E-state index contributed by atoms with van der Waals surface area (Å²) in [6, 6.07) is 10.4. The molecule has 1 heterocycles. The number of hydrogen-bond acceptors (Lipinski definition) is 3. The first-order valence-corrected chi connectivity index (χ1v) is 7.26. The maximum atomic E-state index is 6.05. The van der Waals surface area contributed by atoms with Gasteiger partial charge in [0.2, 0.25) is 0 Å². The van der Waals surface area contributed by atoms with Crippen LogP contribution in [0.1, 0.15) is 36.6 Å².